The maximum absolute atomic E-state index is 5.30. The van der Waals surface area contributed by atoms with Gasteiger partial charge in [-0.25, -0.2) is 0 Å². The molecule has 0 saturated heterocycles. The number of nitrogens with zero attached hydrogens (tertiary/aromatic N) is 1. The van der Waals surface area contributed by atoms with Crippen LogP contribution < -0.4 is 11.2 Å². The Morgan fingerprint density at radius 2 is 2.50 bits per heavy atom. The van der Waals surface area contributed by atoms with Crippen molar-refractivity contribution in [2.45, 2.75) is 0 Å². The van der Waals surface area contributed by atoms with Crippen LogP contribution in [0.4, 0.5) is 0 Å². The second-order valence-corrected chi connectivity index (χ2v) is 2.73. The second-order valence-electron chi connectivity index (χ2n) is 1.04. The predicted molar refractivity (Wildman–Crippen MR) is 33.8 cm³/mol. The Labute approximate surface area is 73.2 Å². The molecule has 1 heterocycles. The van der Waals surface area contributed by atoms with Gasteiger partial charge in [0.05, 0.1) is 0 Å². The Hall–Kier alpha value is 0.740. The number of nitrogens with two attached hydrogens (primary N) is 1. The molecule has 6 heteroatoms. The fourth-order valence-corrected chi connectivity index (χ4v) is 1.02. The molecule has 0 unspecified atom stereocenters. The molecule has 0 radical (unpaired) electrons. The van der Waals surface area contributed by atoms with Gasteiger partial charge in [-0.05, 0) is 0 Å². The average molecular weight is 243 g/mol. The van der Waals surface area contributed by atoms with Crippen molar-refractivity contribution in [1.82, 2.24) is 9.25 Å². The van der Waals surface area contributed by atoms with Crippen molar-refractivity contribution in [2.75, 3.05) is 0 Å². The van der Waals surface area contributed by atoms with E-state index in [2.05, 4.69) is 18.2 Å². The van der Waals surface area contributed by atoms with Gasteiger partial charge in [-0.15, -0.1) is 3.82 Å². The fraction of sp³-hybridized carbons (Fsp3) is 0. The van der Waals surface area contributed by atoms with E-state index in [4.69, 9.17) is 5.73 Å². The molecule has 1 aliphatic heterocycles. The summed E-state index contributed by atoms with van der Waals surface area (Å²) in [6.07, 6.45) is 1.68. The quantitative estimate of drug-likeness (QED) is 0.319. The van der Waals surface area contributed by atoms with Crippen molar-refractivity contribution in [3.05, 3.63) is 11.2 Å². The van der Waals surface area contributed by atoms with E-state index in [0.717, 1.165) is 5.03 Å². The summed E-state index contributed by atoms with van der Waals surface area (Å²) in [7, 11) is 0. The Morgan fingerprint density at radius 3 is 2.62 bits per heavy atom. The van der Waals surface area contributed by atoms with Crippen LogP contribution in [0.3, 0.4) is 0 Å². The van der Waals surface area contributed by atoms with Gasteiger partial charge in [-0.1, -0.05) is 12.8 Å². The van der Waals surface area contributed by atoms with E-state index >= 15 is 0 Å². The number of hydrazine groups is 1. The van der Waals surface area contributed by atoms with Gasteiger partial charge >= 0.3 is 22.4 Å². The van der Waals surface area contributed by atoms with Gasteiger partial charge in [0.1, 0.15) is 5.03 Å². The zero-order valence-electron chi connectivity index (χ0n) is 3.76. The van der Waals surface area contributed by atoms with Gasteiger partial charge in [-0.3, -0.25) is 0 Å². The molecule has 3 N–H and O–H groups in total. The van der Waals surface area contributed by atoms with Gasteiger partial charge < -0.3 is 11.2 Å². The van der Waals surface area contributed by atoms with E-state index in [-0.39, 0.29) is 22.4 Å². The Kier molecular flexibility index (Phi) is 4.05. The van der Waals surface area contributed by atoms with Crippen molar-refractivity contribution in [2.24, 2.45) is 5.73 Å². The molecule has 0 fully saturated rings. The predicted octanol–water partition coefficient (Wildman–Crippen LogP) is 0.0547. The summed E-state index contributed by atoms with van der Waals surface area (Å²) >= 11 is 5.25. The minimum Gasteiger partial charge on any atom is -0.391 e. The molecule has 0 amide bonds. The van der Waals surface area contributed by atoms with Crippen LogP contribution >= 0.6 is 24.8 Å². The first kappa shape index (κ1) is 8.74. The van der Waals surface area contributed by atoms with Crippen LogP contribution in [-0.4, -0.2) is 3.82 Å². The number of hydrogen-bond donors (Lipinski definition) is 3. The topological polar surface area (TPSA) is 41.3 Å². The van der Waals surface area contributed by atoms with E-state index in [9.17, 15) is 0 Å². The molecule has 0 aromatic rings. The molecule has 50 valence electrons. The first-order valence-electron chi connectivity index (χ1n) is 1.68. The first-order chi connectivity index (χ1) is 3.29. The molecular weight excluding hydrogens is 238 g/mol. The minimum absolute atomic E-state index is 0. The molecule has 0 aromatic heterocycles. The minimum atomic E-state index is 0. The second kappa shape index (κ2) is 3.71. The summed E-state index contributed by atoms with van der Waals surface area (Å²) < 4.78 is 1.52. The number of rotatable bonds is 0. The van der Waals surface area contributed by atoms with Crippen molar-refractivity contribution in [3.63, 3.8) is 0 Å². The molecule has 8 heavy (non-hydrogen) atoms. The largest absolute Gasteiger partial charge is 1.00 e. The van der Waals surface area contributed by atoms with E-state index < -0.39 is 0 Å². The Morgan fingerprint density at radius 1 is 1.88 bits per heavy atom. The molecule has 1 rings (SSSR count). The Bertz CT molecular complexity index is 105. The maximum Gasteiger partial charge on any atom is 1.00 e. The van der Waals surface area contributed by atoms with Crippen LogP contribution in [0.5, 0.6) is 0 Å². The summed E-state index contributed by atoms with van der Waals surface area (Å²) in [5, 5.41) is 0.731. The molecule has 0 atom stereocenters. The van der Waals surface area contributed by atoms with Crippen LogP contribution in [0.15, 0.2) is 11.2 Å². The molecular formula is C2H5AgN3S2+. The summed E-state index contributed by atoms with van der Waals surface area (Å²) in [5.41, 5.74) is 8.04. The SMILES string of the molecule is NC1=CNN(S)S1.[Ag+]. The van der Waals surface area contributed by atoms with Crippen LogP contribution in [0, 0.1) is 0 Å². The fourth-order valence-electron chi connectivity index (χ4n) is 0.271. The van der Waals surface area contributed by atoms with Gasteiger partial charge in [0.15, 0.2) is 0 Å². The summed E-state index contributed by atoms with van der Waals surface area (Å²) in [6, 6.07) is 0. The van der Waals surface area contributed by atoms with E-state index in [1.807, 2.05) is 0 Å². The van der Waals surface area contributed by atoms with Gasteiger partial charge in [0.25, 0.3) is 0 Å². The Balaban J connectivity index is 0.000000490. The van der Waals surface area contributed by atoms with E-state index in [0.29, 0.717) is 0 Å². The van der Waals surface area contributed by atoms with Gasteiger partial charge in [-0.2, -0.15) is 0 Å². The third-order valence-electron chi connectivity index (χ3n) is 0.509. The molecule has 0 spiro atoms. The standard InChI is InChI=1S/C2H5N3S2.Ag/c3-2-1-4-5(6)7-2;/h1,4,6H,3H2;/q;+1. The van der Waals surface area contributed by atoms with Crippen molar-refractivity contribution < 1.29 is 22.4 Å². The van der Waals surface area contributed by atoms with E-state index in [1.54, 1.807) is 6.20 Å². The van der Waals surface area contributed by atoms with Crippen LogP contribution in [0.2, 0.25) is 0 Å². The van der Waals surface area contributed by atoms with Gasteiger partial charge in [0, 0.05) is 18.1 Å². The molecule has 0 bridgehead atoms. The average Bonchev–Trinajstić information content (AvgIpc) is 1.87. The monoisotopic (exact) mass is 242 g/mol. The van der Waals surface area contributed by atoms with Crippen LogP contribution in [0.1, 0.15) is 0 Å². The summed E-state index contributed by atoms with van der Waals surface area (Å²) in [6.45, 7) is 0. The number of nitrogens with one attached hydrogen (secondary N) is 1. The maximum atomic E-state index is 5.30. The van der Waals surface area contributed by atoms with E-state index in [1.165, 1.54) is 15.8 Å². The summed E-state index contributed by atoms with van der Waals surface area (Å²) in [5.74, 6) is 0. The zero-order valence-corrected chi connectivity index (χ0v) is 6.95. The first-order valence-corrected chi connectivity index (χ1v) is 2.85. The molecule has 1 aliphatic rings. The number of thiol groups is 1. The van der Waals surface area contributed by atoms with Crippen molar-refractivity contribution in [3.8, 4) is 0 Å². The molecule has 0 saturated carbocycles. The number of hydrogen-bond acceptors (Lipinski definition) is 5. The molecule has 0 aromatic carbocycles. The van der Waals surface area contributed by atoms with Crippen LogP contribution in [-0.2, 0) is 22.4 Å². The summed E-state index contributed by atoms with van der Waals surface area (Å²) in [4.78, 5) is 0. The molecule has 0 aliphatic carbocycles. The molecule has 3 nitrogen and oxygen atoms in total. The normalized spacial score (nSPS) is 18.9. The van der Waals surface area contributed by atoms with Crippen molar-refractivity contribution >= 4 is 24.8 Å². The van der Waals surface area contributed by atoms with Crippen molar-refractivity contribution in [1.29, 1.82) is 0 Å². The van der Waals surface area contributed by atoms with Gasteiger partial charge in [0.2, 0.25) is 0 Å². The smallest absolute Gasteiger partial charge is 0.391 e. The third kappa shape index (κ3) is 2.34. The third-order valence-corrected chi connectivity index (χ3v) is 1.48. The van der Waals surface area contributed by atoms with Crippen LogP contribution in [0.25, 0.3) is 0 Å². The zero-order chi connectivity index (χ0) is 5.28.